The number of nitrogens with two attached hydrogens (primary N) is 1. The van der Waals surface area contributed by atoms with Gasteiger partial charge in [0.15, 0.2) is 5.82 Å². The smallest absolute Gasteiger partial charge is 0.250 e. The first-order valence-electron chi connectivity index (χ1n) is 12.2. The summed E-state index contributed by atoms with van der Waals surface area (Å²) in [6.07, 6.45) is 4.26. The molecule has 2 N–H and O–H groups in total. The third-order valence-electron chi connectivity index (χ3n) is 6.65. The lowest BCUT2D eigenvalue weighted by Gasteiger charge is -2.35. The number of benzene rings is 2. The van der Waals surface area contributed by atoms with Gasteiger partial charge in [0.05, 0.1) is 11.3 Å². The van der Waals surface area contributed by atoms with Gasteiger partial charge in [-0.05, 0) is 37.1 Å². The van der Waals surface area contributed by atoms with Crippen LogP contribution in [0, 0.1) is 0 Å². The monoisotopic (exact) mass is 466 g/mol. The summed E-state index contributed by atoms with van der Waals surface area (Å²) >= 11 is 0. The minimum Gasteiger partial charge on any atom is -0.366 e. The van der Waals surface area contributed by atoms with Crippen molar-refractivity contribution in [3.05, 3.63) is 95.4 Å². The van der Waals surface area contributed by atoms with Gasteiger partial charge in [0.2, 0.25) is 5.91 Å². The molecule has 0 aliphatic carbocycles. The van der Waals surface area contributed by atoms with E-state index in [1.165, 1.54) is 16.3 Å². The largest absolute Gasteiger partial charge is 0.366 e. The predicted octanol–water partition coefficient (Wildman–Crippen LogP) is 3.47. The quantitative estimate of drug-likeness (QED) is 0.428. The van der Waals surface area contributed by atoms with Gasteiger partial charge in [-0.3, -0.25) is 14.7 Å². The first-order valence-corrected chi connectivity index (χ1v) is 12.2. The van der Waals surface area contributed by atoms with Crippen molar-refractivity contribution in [3.8, 4) is 0 Å². The lowest BCUT2D eigenvalue weighted by Crippen LogP contribution is -2.47. The average Bonchev–Trinajstić information content (AvgIpc) is 2.90. The molecule has 1 saturated heterocycles. The van der Waals surface area contributed by atoms with Gasteiger partial charge in [-0.15, -0.1) is 5.10 Å². The number of primary amides is 1. The van der Waals surface area contributed by atoms with Crippen LogP contribution in [0.3, 0.4) is 0 Å². The molecule has 7 heteroatoms. The third kappa shape index (κ3) is 5.46. The van der Waals surface area contributed by atoms with Crippen molar-refractivity contribution in [3.63, 3.8) is 0 Å². The molecule has 0 spiro atoms. The molecule has 35 heavy (non-hydrogen) atoms. The molecule has 0 radical (unpaired) electrons. The van der Waals surface area contributed by atoms with E-state index in [4.69, 9.17) is 5.73 Å². The van der Waals surface area contributed by atoms with Crippen LogP contribution >= 0.6 is 0 Å². The molecule has 5 rings (SSSR count). The summed E-state index contributed by atoms with van der Waals surface area (Å²) in [7, 11) is 0. The summed E-state index contributed by atoms with van der Waals surface area (Å²) in [5.41, 5.74) is 8.99. The zero-order valence-electron chi connectivity index (χ0n) is 19.8. The zero-order chi connectivity index (χ0) is 24.0. The molecule has 0 bridgehead atoms. The highest BCUT2D eigenvalue weighted by molar-refractivity contribution is 5.93. The summed E-state index contributed by atoms with van der Waals surface area (Å²) in [4.78, 5) is 20.4. The minimum atomic E-state index is -0.440. The molecule has 1 aliphatic heterocycles. The number of carbonyl (C=O) groups is 1. The van der Waals surface area contributed by atoms with Gasteiger partial charge in [0.25, 0.3) is 0 Å². The van der Waals surface area contributed by atoms with Crippen LogP contribution in [-0.4, -0.2) is 58.7 Å². The predicted molar refractivity (Wildman–Crippen MR) is 139 cm³/mol. The second-order valence-corrected chi connectivity index (χ2v) is 9.01. The number of rotatable bonds is 8. The van der Waals surface area contributed by atoms with Gasteiger partial charge in [0.1, 0.15) is 0 Å². The van der Waals surface area contributed by atoms with Crippen LogP contribution in [0.4, 0.5) is 5.82 Å². The molecule has 1 amide bonds. The van der Waals surface area contributed by atoms with E-state index in [1.54, 1.807) is 12.3 Å². The minimum absolute atomic E-state index is 0.440. The SMILES string of the molecule is NC(=O)c1ccc(CCCN2CCN(c3nnc(Cc4ccccc4)c4ccccc34)CC2)nc1. The standard InChI is InChI=1S/C28H30N6O/c29-27(35)22-12-13-23(30-20-22)9-6-14-33-15-17-34(18-16-33)28-25-11-5-4-10-24(25)26(31-32-28)19-21-7-2-1-3-8-21/h1-5,7-8,10-13,20H,6,9,14-19H2,(H2,29,35). The van der Waals surface area contributed by atoms with E-state index < -0.39 is 5.91 Å². The van der Waals surface area contributed by atoms with Crippen molar-refractivity contribution in [1.29, 1.82) is 0 Å². The lowest BCUT2D eigenvalue weighted by atomic mass is 10.0. The molecule has 1 aliphatic rings. The Labute approximate surface area is 205 Å². The summed E-state index contributed by atoms with van der Waals surface area (Å²) in [6.45, 7) is 4.88. The first kappa shape index (κ1) is 22.9. The van der Waals surface area contributed by atoms with E-state index in [0.717, 1.165) is 69.2 Å². The normalized spacial score (nSPS) is 14.3. The molecule has 3 heterocycles. The van der Waals surface area contributed by atoms with E-state index in [-0.39, 0.29) is 0 Å². The molecular formula is C28H30N6O. The first-order chi connectivity index (χ1) is 17.2. The number of hydrogen-bond donors (Lipinski definition) is 1. The number of pyridine rings is 1. The molecule has 178 valence electrons. The van der Waals surface area contributed by atoms with Crippen molar-refractivity contribution in [1.82, 2.24) is 20.1 Å². The Kier molecular flexibility index (Phi) is 6.95. The van der Waals surface area contributed by atoms with Crippen molar-refractivity contribution in [2.24, 2.45) is 5.73 Å². The number of piperazine rings is 1. The van der Waals surface area contributed by atoms with Crippen LogP contribution < -0.4 is 10.6 Å². The van der Waals surface area contributed by atoms with Crippen LogP contribution in [0.5, 0.6) is 0 Å². The van der Waals surface area contributed by atoms with Crippen LogP contribution in [0.1, 0.15) is 33.7 Å². The van der Waals surface area contributed by atoms with E-state index in [9.17, 15) is 4.79 Å². The molecule has 7 nitrogen and oxygen atoms in total. The van der Waals surface area contributed by atoms with Crippen LogP contribution in [-0.2, 0) is 12.8 Å². The number of fused-ring (bicyclic) bond motifs is 1. The van der Waals surface area contributed by atoms with E-state index in [1.807, 2.05) is 12.1 Å². The van der Waals surface area contributed by atoms with Crippen LogP contribution in [0.15, 0.2) is 72.9 Å². The summed E-state index contributed by atoms with van der Waals surface area (Å²) < 4.78 is 0. The highest BCUT2D eigenvalue weighted by Crippen LogP contribution is 2.27. The maximum atomic E-state index is 11.2. The fourth-order valence-corrected chi connectivity index (χ4v) is 4.68. The molecular weight excluding hydrogens is 436 g/mol. The number of aromatic nitrogens is 3. The number of carbonyl (C=O) groups excluding carboxylic acids is 1. The molecule has 0 saturated carbocycles. The Morgan fingerprint density at radius 1 is 0.857 bits per heavy atom. The summed E-state index contributed by atoms with van der Waals surface area (Å²) in [5, 5.41) is 11.7. The van der Waals surface area contributed by atoms with Crippen molar-refractivity contribution < 1.29 is 4.79 Å². The highest BCUT2D eigenvalue weighted by Gasteiger charge is 2.21. The Bertz CT molecular complexity index is 1280. The number of amides is 1. The average molecular weight is 467 g/mol. The van der Waals surface area contributed by atoms with Gasteiger partial charge in [-0.25, -0.2) is 0 Å². The van der Waals surface area contributed by atoms with Gasteiger partial charge in [0, 0.05) is 55.3 Å². The van der Waals surface area contributed by atoms with Crippen molar-refractivity contribution in [2.45, 2.75) is 19.3 Å². The molecule has 4 aromatic rings. The van der Waals surface area contributed by atoms with Crippen molar-refractivity contribution in [2.75, 3.05) is 37.6 Å². The number of nitrogens with zero attached hydrogens (tertiary/aromatic N) is 5. The number of anilines is 1. The maximum absolute atomic E-state index is 11.2. The van der Waals surface area contributed by atoms with Gasteiger partial charge in [-0.1, -0.05) is 54.6 Å². The zero-order valence-corrected chi connectivity index (χ0v) is 19.8. The molecule has 0 atom stereocenters. The number of hydrogen-bond acceptors (Lipinski definition) is 6. The second-order valence-electron chi connectivity index (χ2n) is 9.01. The van der Waals surface area contributed by atoms with E-state index >= 15 is 0 Å². The Balaban J connectivity index is 1.19. The van der Waals surface area contributed by atoms with E-state index in [2.05, 4.69) is 73.5 Å². The van der Waals surface area contributed by atoms with Crippen LogP contribution in [0.25, 0.3) is 10.8 Å². The lowest BCUT2D eigenvalue weighted by molar-refractivity contribution is 0.1000. The Morgan fingerprint density at radius 2 is 1.60 bits per heavy atom. The summed E-state index contributed by atoms with van der Waals surface area (Å²) in [6, 6.07) is 22.6. The molecule has 1 fully saturated rings. The second kappa shape index (κ2) is 10.6. The fraction of sp³-hybridized carbons (Fsp3) is 0.286. The topological polar surface area (TPSA) is 88.2 Å². The number of aryl methyl sites for hydroxylation is 1. The molecule has 0 unspecified atom stereocenters. The van der Waals surface area contributed by atoms with Crippen molar-refractivity contribution >= 4 is 22.5 Å². The highest BCUT2D eigenvalue weighted by atomic mass is 16.1. The van der Waals surface area contributed by atoms with E-state index in [0.29, 0.717) is 5.56 Å². The third-order valence-corrected chi connectivity index (χ3v) is 6.65. The maximum Gasteiger partial charge on any atom is 0.250 e. The summed E-state index contributed by atoms with van der Waals surface area (Å²) in [5.74, 6) is 0.543. The Hall–Kier alpha value is -3.84. The van der Waals surface area contributed by atoms with Crippen LogP contribution in [0.2, 0.25) is 0 Å². The molecule has 2 aromatic carbocycles. The van der Waals surface area contributed by atoms with Gasteiger partial charge in [-0.2, -0.15) is 5.10 Å². The fourth-order valence-electron chi connectivity index (χ4n) is 4.68. The van der Waals surface area contributed by atoms with Gasteiger partial charge < -0.3 is 10.6 Å². The van der Waals surface area contributed by atoms with Gasteiger partial charge >= 0.3 is 0 Å². The Morgan fingerprint density at radius 3 is 2.31 bits per heavy atom. The molecule has 2 aromatic heterocycles.